The Morgan fingerprint density at radius 2 is 1.88 bits per heavy atom. The Morgan fingerprint density at radius 1 is 1.19 bits per heavy atom. The normalized spacial score (nSPS) is 17.8. The topological polar surface area (TPSA) is 79.9 Å². The average molecular weight is 361 g/mol. The Labute approximate surface area is 154 Å². The van der Waals surface area contributed by atoms with Gasteiger partial charge in [-0.25, -0.2) is 4.79 Å². The van der Waals surface area contributed by atoms with E-state index in [1.54, 1.807) is 6.92 Å². The number of urea groups is 1. The fourth-order valence-corrected chi connectivity index (χ4v) is 3.32. The number of carbonyl (C=O) groups is 2. The van der Waals surface area contributed by atoms with Gasteiger partial charge in [-0.3, -0.25) is 15.0 Å². The summed E-state index contributed by atoms with van der Waals surface area (Å²) in [5, 5.41) is 5.32. The maximum absolute atomic E-state index is 12.3. The quantitative estimate of drug-likeness (QED) is 0.839. The second-order valence-electron chi connectivity index (χ2n) is 7.01. The molecule has 0 aromatic heterocycles. The summed E-state index contributed by atoms with van der Waals surface area (Å²) < 4.78 is 11.1. The Balaban J connectivity index is 1.50. The molecule has 3 amide bonds. The van der Waals surface area contributed by atoms with Crippen molar-refractivity contribution in [2.24, 2.45) is 0 Å². The van der Waals surface area contributed by atoms with Gasteiger partial charge < -0.3 is 14.8 Å². The van der Waals surface area contributed by atoms with Crippen molar-refractivity contribution < 1.29 is 19.1 Å². The van der Waals surface area contributed by atoms with Crippen LogP contribution in [-0.2, 0) is 11.3 Å². The van der Waals surface area contributed by atoms with Crippen LogP contribution in [0.1, 0.15) is 38.2 Å². The van der Waals surface area contributed by atoms with E-state index in [2.05, 4.69) is 10.6 Å². The third-order valence-electron chi connectivity index (χ3n) is 5.01. The largest absolute Gasteiger partial charge is 0.486 e. The summed E-state index contributed by atoms with van der Waals surface area (Å²) in [6.07, 6.45) is 4.24. The highest BCUT2D eigenvalue weighted by Gasteiger charge is 2.23. The number of hydrogen-bond acceptors (Lipinski definition) is 5. The van der Waals surface area contributed by atoms with Gasteiger partial charge in [-0.2, -0.15) is 0 Å². The van der Waals surface area contributed by atoms with E-state index in [-0.39, 0.29) is 11.9 Å². The highest BCUT2D eigenvalue weighted by Crippen LogP contribution is 2.31. The van der Waals surface area contributed by atoms with Gasteiger partial charge in [0, 0.05) is 12.6 Å². The lowest BCUT2D eigenvalue weighted by Gasteiger charge is -2.25. The van der Waals surface area contributed by atoms with Crippen molar-refractivity contribution in [1.29, 1.82) is 0 Å². The Hall–Kier alpha value is -2.28. The molecule has 1 aliphatic heterocycles. The number of likely N-dealkylation sites (N-methyl/N-ethyl adjacent to an activating group) is 1. The van der Waals surface area contributed by atoms with Crippen LogP contribution in [0.2, 0.25) is 0 Å². The van der Waals surface area contributed by atoms with Crippen LogP contribution in [0.3, 0.4) is 0 Å². The number of ether oxygens (including phenoxy) is 2. The Morgan fingerprint density at radius 3 is 2.62 bits per heavy atom. The maximum Gasteiger partial charge on any atom is 0.321 e. The molecule has 142 valence electrons. The molecule has 1 aromatic carbocycles. The van der Waals surface area contributed by atoms with Gasteiger partial charge in [0.2, 0.25) is 5.91 Å². The standard InChI is InChI=1S/C19H27N3O4/c1-13(18(23)21-19(24)20-15-5-3-4-6-15)22(2)12-14-7-8-16-17(11-14)26-10-9-25-16/h7-8,11,13,15H,3-6,9-10,12H2,1-2H3,(H2,20,21,23,24)/t13-/m1/s1. The van der Waals surface area contributed by atoms with Gasteiger partial charge in [-0.1, -0.05) is 18.9 Å². The van der Waals surface area contributed by atoms with Crippen LogP contribution in [0, 0.1) is 0 Å². The monoisotopic (exact) mass is 361 g/mol. The van der Waals surface area contributed by atoms with Crippen molar-refractivity contribution in [3.63, 3.8) is 0 Å². The molecule has 26 heavy (non-hydrogen) atoms. The van der Waals surface area contributed by atoms with E-state index in [1.807, 2.05) is 30.1 Å². The van der Waals surface area contributed by atoms with Crippen LogP contribution >= 0.6 is 0 Å². The van der Waals surface area contributed by atoms with Crippen LogP contribution in [0.4, 0.5) is 4.79 Å². The first-order valence-electron chi connectivity index (χ1n) is 9.23. The predicted octanol–water partition coefficient (Wildman–Crippen LogP) is 2.05. The van der Waals surface area contributed by atoms with E-state index < -0.39 is 12.1 Å². The van der Waals surface area contributed by atoms with Crippen LogP contribution in [0.15, 0.2) is 18.2 Å². The van der Waals surface area contributed by atoms with Gasteiger partial charge in [-0.15, -0.1) is 0 Å². The summed E-state index contributed by atoms with van der Waals surface area (Å²) in [6.45, 7) is 3.46. The lowest BCUT2D eigenvalue weighted by molar-refractivity contribution is -0.124. The number of imide groups is 1. The van der Waals surface area contributed by atoms with Gasteiger partial charge in [0.1, 0.15) is 13.2 Å². The van der Waals surface area contributed by atoms with Crippen molar-refractivity contribution in [2.45, 2.75) is 51.2 Å². The molecular formula is C19H27N3O4. The lowest BCUT2D eigenvalue weighted by Crippen LogP contribution is -2.50. The van der Waals surface area contributed by atoms with E-state index in [4.69, 9.17) is 9.47 Å². The number of benzene rings is 1. The van der Waals surface area contributed by atoms with Crippen molar-refractivity contribution >= 4 is 11.9 Å². The summed E-state index contributed by atoms with van der Waals surface area (Å²) in [6, 6.07) is 5.13. The number of carbonyl (C=O) groups excluding carboxylic acids is 2. The third kappa shape index (κ3) is 4.66. The van der Waals surface area contributed by atoms with E-state index in [0.29, 0.717) is 19.8 Å². The minimum absolute atomic E-state index is 0.188. The summed E-state index contributed by atoms with van der Waals surface area (Å²) in [7, 11) is 1.86. The second-order valence-corrected chi connectivity index (χ2v) is 7.01. The van der Waals surface area contributed by atoms with Crippen LogP contribution in [0.5, 0.6) is 11.5 Å². The predicted molar refractivity (Wildman–Crippen MR) is 97.3 cm³/mol. The molecule has 3 rings (SSSR count). The molecule has 1 aromatic rings. The van der Waals surface area contributed by atoms with Crippen molar-refractivity contribution in [3.8, 4) is 11.5 Å². The van der Waals surface area contributed by atoms with E-state index >= 15 is 0 Å². The van der Waals surface area contributed by atoms with E-state index in [0.717, 1.165) is 42.7 Å². The molecule has 1 atom stereocenters. The summed E-state index contributed by atoms with van der Waals surface area (Å²) in [4.78, 5) is 26.2. The molecule has 1 heterocycles. The minimum atomic E-state index is -0.433. The Kier molecular flexibility index (Phi) is 5.98. The summed E-state index contributed by atoms with van der Waals surface area (Å²) in [5.41, 5.74) is 1.02. The number of nitrogens with zero attached hydrogens (tertiary/aromatic N) is 1. The van der Waals surface area contributed by atoms with Crippen LogP contribution in [0.25, 0.3) is 0 Å². The molecule has 7 heteroatoms. The summed E-state index contributed by atoms with van der Waals surface area (Å²) in [5.74, 6) is 1.17. The molecule has 7 nitrogen and oxygen atoms in total. The zero-order valence-corrected chi connectivity index (χ0v) is 15.4. The number of amides is 3. The number of rotatable bonds is 5. The minimum Gasteiger partial charge on any atom is -0.486 e. The molecule has 0 radical (unpaired) electrons. The molecule has 0 unspecified atom stereocenters. The zero-order valence-electron chi connectivity index (χ0n) is 15.4. The third-order valence-corrected chi connectivity index (χ3v) is 5.01. The van der Waals surface area contributed by atoms with Crippen molar-refractivity contribution in [1.82, 2.24) is 15.5 Å². The highest BCUT2D eigenvalue weighted by atomic mass is 16.6. The SMILES string of the molecule is C[C@H](C(=O)NC(=O)NC1CCCC1)N(C)Cc1ccc2c(c1)OCCO2. The zero-order chi connectivity index (χ0) is 18.5. The summed E-state index contributed by atoms with van der Waals surface area (Å²) >= 11 is 0. The first-order chi connectivity index (χ1) is 12.5. The smallest absolute Gasteiger partial charge is 0.321 e. The fraction of sp³-hybridized carbons (Fsp3) is 0.579. The molecule has 0 bridgehead atoms. The van der Waals surface area contributed by atoms with Gasteiger partial charge in [0.05, 0.1) is 6.04 Å². The number of nitrogens with one attached hydrogen (secondary N) is 2. The van der Waals surface area contributed by atoms with E-state index in [9.17, 15) is 9.59 Å². The second kappa shape index (κ2) is 8.40. The van der Waals surface area contributed by atoms with Gasteiger partial charge >= 0.3 is 6.03 Å². The van der Waals surface area contributed by atoms with Gasteiger partial charge in [-0.05, 0) is 44.5 Å². The molecule has 0 saturated heterocycles. The molecule has 0 spiro atoms. The van der Waals surface area contributed by atoms with Crippen LogP contribution in [-0.4, -0.2) is 49.2 Å². The Bertz CT molecular complexity index is 658. The number of fused-ring (bicyclic) bond motifs is 1. The molecule has 1 aliphatic carbocycles. The first kappa shape index (κ1) is 18.5. The van der Waals surface area contributed by atoms with Crippen molar-refractivity contribution in [2.75, 3.05) is 20.3 Å². The molecule has 1 fully saturated rings. The maximum atomic E-state index is 12.3. The molecule has 2 N–H and O–H groups in total. The van der Waals surface area contributed by atoms with Crippen molar-refractivity contribution in [3.05, 3.63) is 23.8 Å². The van der Waals surface area contributed by atoms with E-state index in [1.165, 1.54) is 0 Å². The lowest BCUT2D eigenvalue weighted by atomic mass is 10.1. The highest BCUT2D eigenvalue weighted by molar-refractivity contribution is 5.96. The average Bonchev–Trinajstić information content (AvgIpc) is 3.13. The van der Waals surface area contributed by atoms with Gasteiger partial charge in [0.25, 0.3) is 0 Å². The number of hydrogen-bond donors (Lipinski definition) is 2. The first-order valence-corrected chi connectivity index (χ1v) is 9.23. The fourth-order valence-electron chi connectivity index (χ4n) is 3.32. The molecule has 1 saturated carbocycles. The van der Waals surface area contributed by atoms with Crippen LogP contribution < -0.4 is 20.1 Å². The van der Waals surface area contributed by atoms with Gasteiger partial charge in [0.15, 0.2) is 11.5 Å². The molecular weight excluding hydrogens is 334 g/mol. The molecule has 2 aliphatic rings.